The fourth-order valence-corrected chi connectivity index (χ4v) is 1.65. The van der Waals surface area contributed by atoms with Gasteiger partial charge < -0.3 is 4.74 Å². The van der Waals surface area contributed by atoms with Crippen molar-refractivity contribution >= 4 is 10.0 Å². The number of hydrogen-bond donors (Lipinski definition) is 1. The number of nitrogens with two attached hydrogens (primary N) is 1. The van der Waals surface area contributed by atoms with Crippen LogP contribution >= 0.6 is 0 Å². The van der Waals surface area contributed by atoms with Crippen molar-refractivity contribution in [3.05, 3.63) is 23.8 Å². The Morgan fingerprint density at radius 1 is 1.50 bits per heavy atom. The Hall–Kier alpha value is -1.58. The molecule has 0 saturated carbocycles. The Labute approximate surface area is 94.5 Å². The highest BCUT2D eigenvalue weighted by Crippen LogP contribution is 2.21. The standard InChI is InChI=1S/C10H12N2O3S/c1-2-5-15-10-4-3-9(16(12,13)14)6-8(10)7-11/h3-4,6H,2,5H2,1H3,(H2,12,13,14). The molecule has 0 unspecified atom stereocenters. The minimum atomic E-state index is -3.78. The third kappa shape index (κ3) is 2.95. The van der Waals surface area contributed by atoms with E-state index in [0.717, 1.165) is 6.42 Å². The molecule has 2 N–H and O–H groups in total. The van der Waals surface area contributed by atoms with Crippen LogP contribution < -0.4 is 9.88 Å². The molecule has 0 bridgehead atoms. The van der Waals surface area contributed by atoms with Crippen molar-refractivity contribution in [2.24, 2.45) is 5.14 Å². The third-order valence-corrected chi connectivity index (χ3v) is 2.77. The van der Waals surface area contributed by atoms with E-state index in [1.54, 1.807) is 0 Å². The molecule has 86 valence electrons. The van der Waals surface area contributed by atoms with Crippen LogP contribution in [0, 0.1) is 11.3 Å². The summed E-state index contributed by atoms with van der Waals surface area (Å²) in [7, 11) is -3.78. The topological polar surface area (TPSA) is 93.2 Å². The molecular formula is C10H12N2O3S. The zero-order chi connectivity index (χ0) is 12.2. The molecule has 0 spiro atoms. The summed E-state index contributed by atoms with van der Waals surface area (Å²) in [5.74, 6) is 0.372. The van der Waals surface area contributed by atoms with E-state index >= 15 is 0 Å². The third-order valence-electron chi connectivity index (χ3n) is 1.86. The molecule has 1 aromatic carbocycles. The highest BCUT2D eigenvalue weighted by atomic mass is 32.2. The van der Waals surface area contributed by atoms with Gasteiger partial charge in [-0.05, 0) is 24.6 Å². The number of primary sulfonamides is 1. The van der Waals surface area contributed by atoms with Gasteiger partial charge in [-0.1, -0.05) is 6.92 Å². The van der Waals surface area contributed by atoms with E-state index in [9.17, 15) is 8.42 Å². The Balaban J connectivity index is 3.13. The van der Waals surface area contributed by atoms with Crippen molar-refractivity contribution in [1.82, 2.24) is 0 Å². The normalized spacial score (nSPS) is 10.8. The van der Waals surface area contributed by atoms with Gasteiger partial charge in [0, 0.05) is 0 Å². The van der Waals surface area contributed by atoms with Crippen LogP contribution in [-0.2, 0) is 10.0 Å². The van der Waals surface area contributed by atoms with E-state index in [-0.39, 0.29) is 10.5 Å². The van der Waals surface area contributed by atoms with E-state index in [1.807, 2.05) is 13.0 Å². The number of nitriles is 1. The molecule has 1 aromatic rings. The maximum Gasteiger partial charge on any atom is 0.238 e. The fraction of sp³-hybridized carbons (Fsp3) is 0.300. The minimum absolute atomic E-state index is 0.0899. The van der Waals surface area contributed by atoms with Crippen molar-refractivity contribution in [3.63, 3.8) is 0 Å². The lowest BCUT2D eigenvalue weighted by Gasteiger charge is -2.07. The van der Waals surface area contributed by atoms with Crippen molar-refractivity contribution in [2.45, 2.75) is 18.2 Å². The van der Waals surface area contributed by atoms with Crippen LogP contribution in [0.15, 0.2) is 23.1 Å². The second-order valence-electron chi connectivity index (χ2n) is 3.16. The maximum atomic E-state index is 11.1. The second-order valence-corrected chi connectivity index (χ2v) is 4.72. The summed E-state index contributed by atoms with van der Waals surface area (Å²) in [5.41, 5.74) is 0.167. The van der Waals surface area contributed by atoms with Crippen LogP contribution in [-0.4, -0.2) is 15.0 Å². The molecular weight excluding hydrogens is 228 g/mol. The summed E-state index contributed by atoms with van der Waals surface area (Å²) in [4.78, 5) is -0.0899. The predicted molar refractivity (Wildman–Crippen MR) is 58.3 cm³/mol. The average molecular weight is 240 g/mol. The van der Waals surface area contributed by atoms with E-state index in [2.05, 4.69) is 0 Å². The second kappa shape index (κ2) is 4.96. The Morgan fingerprint density at radius 3 is 2.69 bits per heavy atom. The average Bonchev–Trinajstić information content (AvgIpc) is 2.24. The van der Waals surface area contributed by atoms with Crippen LogP contribution in [0.2, 0.25) is 0 Å². The number of rotatable bonds is 4. The number of ether oxygens (including phenoxy) is 1. The molecule has 1 rings (SSSR count). The maximum absolute atomic E-state index is 11.1. The Bertz CT molecular complexity index is 517. The van der Waals surface area contributed by atoms with Crippen molar-refractivity contribution < 1.29 is 13.2 Å². The first-order valence-corrected chi connectivity index (χ1v) is 6.23. The number of hydrogen-bond acceptors (Lipinski definition) is 4. The molecule has 0 amide bonds. The summed E-state index contributed by atoms with van der Waals surface area (Å²) in [6, 6.07) is 5.84. The summed E-state index contributed by atoms with van der Waals surface area (Å²) in [5, 5.41) is 13.8. The highest BCUT2D eigenvalue weighted by molar-refractivity contribution is 7.89. The molecule has 0 heterocycles. The van der Waals surface area contributed by atoms with Gasteiger partial charge in [-0.3, -0.25) is 0 Å². The van der Waals surface area contributed by atoms with Gasteiger partial charge in [-0.2, -0.15) is 5.26 Å². The Morgan fingerprint density at radius 2 is 2.19 bits per heavy atom. The molecule has 6 heteroatoms. The molecule has 0 aromatic heterocycles. The Kier molecular flexibility index (Phi) is 3.88. The zero-order valence-corrected chi connectivity index (χ0v) is 9.62. The van der Waals surface area contributed by atoms with Gasteiger partial charge in [0.2, 0.25) is 10.0 Å². The van der Waals surface area contributed by atoms with E-state index in [0.29, 0.717) is 12.4 Å². The van der Waals surface area contributed by atoms with Crippen LogP contribution in [0.5, 0.6) is 5.75 Å². The first-order valence-electron chi connectivity index (χ1n) is 4.68. The first kappa shape index (κ1) is 12.5. The minimum Gasteiger partial charge on any atom is -0.492 e. The van der Waals surface area contributed by atoms with Gasteiger partial charge in [0.1, 0.15) is 11.8 Å². The molecule has 0 atom stereocenters. The number of nitrogens with zero attached hydrogens (tertiary/aromatic N) is 1. The lowest BCUT2D eigenvalue weighted by Crippen LogP contribution is -2.12. The van der Waals surface area contributed by atoms with Gasteiger partial charge in [-0.25, -0.2) is 13.6 Å². The van der Waals surface area contributed by atoms with Gasteiger partial charge in [0.25, 0.3) is 0 Å². The van der Waals surface area contributed by atoms with E-state index in [1.165, 1.54) is 18.2 Å². The lowest BCUT2D eigenvalue weighted by molar-refractivity contribution is 0.316. The molecule has 0 aliphatic rings. The quantitative estimate of drug-likeness (QED) is 0.849. The van der Waals surface area contributed by atoms with E-state index < -0.39 is 10.0 Å². The summed E-state index contributed by atoms with van der Waals surface area (Å²) >= 11 is 0. The smallest absolute Gasteiger partial charge is 0.238 e. The largest absolute Gasteiger partial charge is 0.492 e. The van der Waals surface area contributed by atoms with Gasteiger partial charge in [-0.15, -0.1) is 0 Å². The molecule has 0 aliphatic heterocycles. The molecule has 0 aliphatic carbocycles. The molecule has 5 nitrogen and oxygen atoms in total. The monoisotopic (exact) mass is 240 g/mol. The van der Waals surface area contributed by atoms with Crippen LogP contribution in [0.1, 0.15) is 18.9 Å². The van der Waals surface area contributed by atoms with Crippen LogP contribution in [0.3, 0.4) is 0 Å². The van der Waals surface area contributed by atoms with Crippen molar-refractivity contribution in [2.75, 3.05) is 6.61 Å². The first-order chi connectivity index (χ1) is 7.49. The van der Waals surface area contributed by atoms with Gasteiger partial charge >= 0.3 is 0 Å². The van der Waals surface area contributed by atoms with E-state index in [4.69, 9.17) is 15.1 Å². The number of benzene rings is 1. The summed E-state index contributed by atoms with van der Waals surface area (Å²) in [6.07, 6.45) is 0.807. The molecule has 0 saturated heterocycles. The molecule has 16 heavy (non-hydrogen) atoms. The lowest BCUT2D eigenvalue weighted by atomic mass is 10.2. The molecule has 0 fully saturated rings. The molecule has 0 radical (unpaired) electrons. The highest BCUT2D eigenvalue weighted by Gasteiger charge is 2.11. The fourth-order valence-electron chi connectivity index (χ4n) is 1.11. The van der Waals surface area contributed by atoms with Crippen molar-refractivity contribution in [3.8, 4) is 11.8 Å². The van der Waals surface area contributed by atoms with Crippen LogP contribution in [0.4, 0.5) is 0 Å². The van der Waals surface area contributed by atoms with Crippen LogP contribution in [0.25, 0.3) is 0 Å². The van der Waals surface area contributed by atoms with Gasteiger partial charge in [0.05, 0.1) is 17.1 Å². The van der Waals surface area contributed by atoms with Crippen molar-refractivity contribution in [1.29, 1.82) is 5.26 Å². The zero-order valence-electron chi connectivity index (χ0n) is 8.80. The predicted octanol–water partition coefficient (Wildman–Crippen LogP) is 0.994. The SMILES string of the molecule is CCCOc1ccc(S(N)(=O)=O)cc1C#N. The summed E-state index contributed by atoms with van der Waals surface area (Å²) < 4.78 is 27.4. The summed E-state index contributed by atoms with van der Waals surface area (Å²) in [6.45, 7) is 2.41. The van der Waals surface area contributed by atoms with Gasteiger partial charge in [0.15, 0.2) is 0 Å². The number of sulfonamides is 1.